The quantitative estimate of drug-likeness (QED) is 0.519. The fraction of sp³-hybridized carbons (Fsp3) is 0.130. The maximum atomic E-state index is 12.8. The Kier molecular flexibility index (Phi) is 5.26. The van der Waals surface area contributed by atoms with Gasteiger partial charge in [-0.05, 0) is 42.5 Å². The van der Waals surface area contributed by atoms with Gasteiger partial charge in [-0.2, -0.15) is 0 Å². The van der Waals surface area contributed by atoms with Gasteiger partial charge in [0.2, 0.25) is 5.75 Å². The first kappa shape index (κ1) is 19.3. The first-order valence-corrected chi connectivity index (χ1v) is 9.28. The first-order valence-electron chi connectivity index (χ1n) is 9.28. The smallest absolute Gasteiger partial charge is 0.255 e. The summed E-state index contributed by atoms with van der Waals surface area (Å²) in [5.74, 6) is 0.971. The van der Waals surface area contributed by atoms with E-state index in [1.165, 1.54) is 21.3 Å². The Morgan fingerprint density at radius 2 is 1.60 bits per heavy atom. The molecule has 1 amide bonds. The maximum absolute atomic E-state index is 12.8. The molecule has 7 heteroatoms. The van der Waals surface area contributed by atoms with Gasteiger partial charge in [0.25, 0.3) is 5.91 Å². The molecule has 0 aliphatic heterocycles. The number of para-hydroxylation sites is 1. The van der Waals surface area contributed by atoms with Crippen molar-refractivity contribution >= 4 is 22.6 Å². The van der Waals surface area contributed by atoms with Gasteiger partial charge in [-0.3, -0.25) is 9.36 Å². The van der Waals surface area contributed by atoms with E-state index in [9.17, 15) is 4.79 Å². The average molecular weight is 403 g/mol. The summed E-state index contributed by atoms with van der Waals surface area (Å²) in [6.07, 6.45) is 1.77. The molecule has 0 fully saturated rings. The molecule has 0 unspecified atom stereocenters. The normalized spacial score (nSPS) is 10.6. The molecule has 1 N–H and O–H groups in total. The van der Waals surface area contributed by atoms with Gasteiger partial charge in [0.1, 0.15) is 6.33 Å². The molecule has 4 rings (SSSR count). The molecule has 4 aromatic rings. The van der Waals surface area contributed by atoms with Crippen LogP contribution in [0.4, 0.5) is 5.69 Å². The molecule has 0 radical (unpaired) electrons. The fourth-order valence-electron chi connectivity index (χ4n) is 3.30. The monoisotopic (exact) mass is 403 g/mol. The predicted octanol–water partition coefficient (Wildman–Crippen LogP) is 4.30. The van der Waals surface area contributed by atoms with E-state index in [0.717, 1.165) is 16.7 Å². The van der Waals surface area contributed by atoms with Crippen molar-refractivity contribution < 1.29 is 19.0 Å². The summed E-state index contributed by atoms with van der Waals surface area (Å²) in [7, 11) is 4.54. The summed E-state index contributed by atoms with van der Waals surface area (Å²) >= 11 is 0. The molecule has 0 atom stereocenters. The minimum Gasteiger partial charge on any atom is -0.493 e. The van der Waals surface area contributed by atoms with Crippen LogP contribution in [0.2, 0.25) is 0 Å². The van der Waals surface area contributed by atoms with Crippen LogP contribution in [0.25, 0.3) is 16.7 Å². The Balaban J connectivity index is 1.62. The summed E-state index contributed by atoms with van der Waals surface area (Å²) in [4.78, 5) is 17.3. The number of nitrogens with one attached hydrogen (secondary N) is 1. The second-order valence-electron chi connectivity index (χ2n) is 6.52. The predicted molar refractivity (Wildman–Crippen MR) is 115 cm³/mol. The molecule has 1 aromatic heterocycles. The lowest BCUT2D eigenvalue weighted by atomic mass is 10.1. The van der Waals surface area contributed by atoms with Gasteiger partial charge >= 0.3 is 0 Å². The van der Waals surface area contributed by atoms with Crippen LogP contribution in [0.5, 0.6) is 17.2 Å². The molecular formula is C23H21N3O4. The van der Waals surface area contributed by atoms with E-state index in [0.29, 0.717) is 28.5 Å². The molecule has 0 aliphatic rings. The van der Waals surface area contributed by atoms with Crippen molar-refractivity contribution in [3.8, 4) is 22.9 Å². The zero-order valence-corrected chi connectivity index (χ0v) is 16.9. The fourth-order valence-corrected chi connectivity index (χ4v) is 3.30. The van der Waals surface area contributed by atoms with Crippen LogP contribution in [0.1, 0.15) is 10.4 Å². The van der Waals surface area contributed by atoms with Gasteiger partial charge in [-0.25, -0.2) is 4.98 Å². The third kappa shape index (κ3) is 3.53. The van der Waals surface area contributed by atoms with Gasteiger partial charge in [0.15, 0.2) is 11.5 Å². The van der Waals surface area contributed by atoms with E-state index < -0.39 is 0 Å². The second-order valence-corrected chi connectivity index (χ2v) is 6.52. The minimum absolute atomic E-state index is 0.295. The number of amides is 1. The topological polar surface area (TPSA) is 74.6 Å². The van der Waals surface area contributed by atoms with Crippen LogP contribution in [0.3, 0.4) is 0 Å². The lowest BCUT2D eigenvalue weighted by Crippen LogP contribution is -2.12. The number of hydrogen-bond donors (Lipinski definition) is 1. The lowest BCUT2D eigenvalue weighted by molar-refractivity contribution is 0.102. The van der Waals surface area contributed by atoms with E-state index in [4.69, 9.17) is 14.2 Å². The maximum Gasteiger partial charge on any atom is 0.255 e. The van der Waals surface area contributed by atoms with Crippen LogP contribution in [0.15, 0.2) is 67.0 Å². The van der Waals surface area contributed by atoms with E-state index in [1.807, 2.05) is 53.1 Å². The van der Waals surface area contributed by atoms with Gasteiger partial charge in [-0.1, -0.05) is 18.2 Å². The molecule has 7 nitrogen and oxygen atoms in total. The van der Waals surface area contributed by atoms with Gasteiger partial charge in [0.05, 0.1) is 32.4 Å². The average Bonchev–Trinajstić information content (AvgIpc) is 3.21. The highest BCUT2D eigenvalue weighted by molar-refractivity contribution is 6.05. The zero-order valence-electron chi connectivity index (χ0n) is 16.9. The SMILES string of the molecule is COc1cc(C(=O)Nc2ccc3c(c2)ncn3-c2ccccc2)cc(OC)c1OC. The van der Waals surface area contributed by atoms with Crippen molar-refractivity contribution in [3.05, 3.63) is 72.6 Å². The van der Waals surface area contributed by atoms with Crippen molar-refractivity contribution in [2.75, 3.05) is 26.6 Å². The third-order valence-electron chi connectivity index (χ3n) is 4.77. The first-order chi connectivity index (χ1) is 14.6. The van der Waals surface area contributed by atoms with Crippen molar-refractivity contribution in [2.45, 2.75) is 0 Å². The number of rotatable bonds is 6. The third-order valence-corrected chi connectivity index (χ3v) is 4.77. The summed E-state index contributed by atoms with van der Waals surface area (Å²) in [6, 6.07) is 18.8. The van der Waals surface area contributed by atoms with E-state index in [-0.39, 0.29) is 5.91 Å². The zero-order chi connectivity index (χ0) is 21.1. The van der Waals surface area contributed by atoms with Crippen LogP contribution < -0.4 is 19.5 Å². The summed E-state index contributed by atoms with van der Waals surface area (Å²) in [5.41, 5.74) is 3.78. The highest BCUT2D eigenvalue weighted by atomic mass is 16.5. The number of benzene rings is 3. The number of methoxy groups -OCH3 is 3. The van der Waals surface area contributed by atoms with Crippen molar-refractivity contribution in [3.63, 3.8) is 0 Å². The van der Waals surface area contributed by atoms with E-state index in [1.54, 1.807) is 18.5 Å². The van der Waals surface area contributed by atoms with Crippen molar-refractivity contribution in [2.24, 2.45) is 0 Å². The largest absolute Gasteiger partial charge is 0.493 e. The number of fused-ring (bicyclic) bond motifs is 1. The van der Waals surface area contributed by atoms with Crippen molar-refractivity contribution in [1.82, 2.24) is 9.55 Å². The number of ether oxygens (including phenoxy) is 3. The molecule has 0 saturated heterocycles. The number of hydrogen-bond acceptors (Lipinski definition) is 5. The molecule has 3 aromatic carbocycles. The molecule has 1 heterocycles. The van der Waals surface area contributed by atoms with Crippen LogP contribution in [0, 0.1) is 0 Å². The van der Waals surface area contributed by atoms with Crippen LogP contribution >= 0.6 is 0 Å². The molecular weight excluding hydrogens is 382 g/mol. The lowest BCUT2D eigenvalue weighted by Gasteiger charge is -2.14. The molecule has 0 bridgehead atoms. The van der Waals surface area contributed by atoms with E-state index in [2.05, 4.69) is 10.3 Å². The minimum atomic E-state index is -0.295. The second kappa shape index (κ2) is 8.16. The highest BCUT2D eigenvalue weighted by Gasteiger charge is 2.17. The van der Waals surface area contributed by atoms with Crippen molar-refractivity contribution in [1.29, 1.82) is 0 Å². The van der Waals surface area contributed by atoms with Crippen LogP contribution in [-0.2, 0) is 0 Å². The molecule has 0 saturated carbocycles. The number of aromatic nitrogens is 2. The molecule has 152 valence electrons. The Bertz CT molecular complexity index is 1180. The Morgan fingerprint density at radius 3 is 2.23 bits per heavy atom. The molecule has 0 aliphatic carbocycles. The van der Waals surface area contributed by atoms with E-state index >= 15 is 0 Å². The Hall–Kier alpha value is -4.00. The number of carbonyl (C=O) groups is 1. The molecule has 30 heavy (non-hydrogen) atoms. The van der Waals surface area contributed by atoms with Gasteiger partial charge in [-0.15, -0.1) is 0 Å². The number of nitrogens with zero attached hydrogens (tertiary/aromatic N) is 2. The Labute approximate surface area is 173 Å². The number of imidazole rings is 1. The summed E-state index contributed by atoms with van der Waals surface area (Å²) in [5, 5.41) is 2.90. The Morgan fingerprint density at radius 1 is 0.900 bits per heavy atom. The van der Waals surface area contributed by atoms with Crippen LogP contribution in [-0.4, -0.2) is 36.8 Å². The highest BCUT2D eigenvalue weighted by Crippen LogP contribution is 2.38. The van der Waals surface area contributed by atoms with Gasteiger partial charge in [0, 0.05) is 16.9 Å². The summed E-state index contributed by atoms with van der Waals surface area (Å²) in [6.45, 7) is 0. The number of carbonyl (C=O) groups excluding carboxylic acids is 1. The number of anilines is 1. The van der Waals surface area contributed by atoms with Gasteiger partial charge < -0.3 is 19.5 Å². The summed E-state index contributed by atoms with van der Waals surface area (Å²) < 4.78 is 18.0. The molecule has 0 spiro atoms. The standard InChI is InChI=1S/C23H21N3O4/c1-28-20-11-15(12-21(29-2)22(20)30-3)23(27)25-16-9-10-19-18(13-16)24-14-26(19)17-7-5-4-6-8-17/h4-14H,1-3H3,(H,25,27).